The van der Waals surface area contributed by atoms with E-state index in [0.717, 1.165) is 16.6 Å². The second-order valence-corrected chi connectivity index (χ2v) is 9.81. The third-order valence-electron chi connectivity index (χ3n) is 6.61. The molecule has 37 heavy (non-hydrogen) atoms. The molecule has 0 aliphatic carbocycles. The summed E-state index contributed by atoms with van der Waals surface area (Å²) >= 11 is 3.46. The van der Waals surface area contributed by atoms with Gasteiger partial charge in [0.25, 0.3) is 11.5 Å². The van der Waals surface area contributed by atoms with Crippen LogP contribution in [0.3, 0.4) is 0 Å². The van der Waals surface area contributed by atoms with Gasteiger partial charge in [-0.2, -0.15) is 13.2 Å². The van der Waals surface area contributed by atoms with Crippen LogP contribution in [0, 0.1) is 0 Å². The first-order valence-corrected chi connectivity index (χ1v) is 12.2. The van der Waals surface area contributed by atoms with Gasteiger partial charge in [-0.25, -0.2) is 0 Å². The number of hydrogen-bond donors (Lipinski definition) is 1. The summed E-state index contributed by atoms with van der Waals surface area (Å²) in [4.78, 5) is 27.3. The number of hydrogen-bond acceptors (Lipinski definition) is 6. The van der Waals surface area contributed by atoms with Crippen LogP contribution in [0.4, 0.5) is 18.9 Å². The minimum atomic E-state index is -4.48. The normalized spacial score (nSPS) is 14.9. The van der Waals surface area contributed by atoms with Crippen LogP contribution in [0.5, 0.6) is 0 Å². The van der Waals surface area contributed by atoms with Crippen molar-refractivity contribution in [3.8, 4) is 11.5 Å². The van der Waals surface area contributed by atoms with Gasteiger partial charge in [0.15, 0.2) is 0 Å². The summed E-state index contributed by atoms with van der Waals surface area (Å²) in [5, 5.41) is 8.77. The number of piperidine rings is 1. The van der Waals surface area contributed by atoms with Crippen LogP contribution >= 0.6 is 15.9 Å². The van der Waals surface area contributed by atoms with Gasteiger partial charge < -0.3 is 19.6 Å². The first-order valence-electron chi connectivity index (χ1n) is 11.4. The maximum atomic E-state index is 13.1. The number of carbonyl (C=O) groups excluding carboxylic acids is 1. The molecule has 1 aliphatic heterocycles. The van der Waals surface area contributed by atoms with Crippen molar-refractivity contribution in [3.05, 3.63) is 74.3 Å². The topological polar surface area (TPSA) is 107 Å². The fourth-order valence-corrected chi connectivity index (χ4v) is 5.11. The molecule has 1 aliphatic rings. The number of amides is 1. The molecule has 192 valence electrons. The molecule has 1 saturated heterocycles. The van der Waals surface area contributed by atoms with E-state index in [1.807, 2.05) is 17.0 Å². The Kier molecular flexibility index (Phi) is 6.30. The van der Waals surface area contributed by atoms with E-state index in [0.29, 0.717) is 48.4 Å². The molecule has 2 aromatic heterocycles. The van der Waals surface area contributed by atoms with Crippen LogP contribution in [0.15, 0.2) is 56.1 Å². The minimum absolute atomic E-state index is 0.0157. The quantitative estimate of drug-likeness (QED) is 0.372. The Morgan fingerprint density at radius 1 is 1.14 bits per heavy atom. The molecule has 8 nitrogen and oxygen atoms in total. The Morgan fingerprint density at radius 3 is 2.54 bits per heavy atom. The largest absolute Gasteiger partial charge is 0.420 e. The second kappa shape index (κ2) is 9.33. The average Bonchev–Trinajstić information content (AvgIpc) is 3.36. The SMILES string of the molecule is Cn1c(=O)c(C(N)=O)c(N2CCC(c3nnc(-c4cccc(C(F)(F)F)c4)o3)CC2)c2cc(Br)ccc21. The zero-order valence-electron chi connectivity index (χ0n) is 19.6. The van der Waals surface area contributed by atoms with Gasteiger partial charge in [0.2, 0.25) is 11.8 Å². The number of pyridine rings is 1. The van der Waals surface area contributed by atoms with E-state index in [4.69, 9.17) is 10.2 Å². The number of fused-ring (bicyclic) bond motifs is 1. The third kappa shape index (κ3) is 4.61. The highest BCUT2D eigenvalue weighted by molar-refractivity contribution is 9.10. The number of alkyl halides is 3. The zero-order chi connectivity index (χ0) is 26.5. The molecule has 0 saturated carbocycles. The first-order chi connectivity index (χ1) is 17.5. The van der Waals surface area contributed by atoms with Crippen molar-refractivity contribution in [2.45, 2.75) is 24.9 Å². The van der Waals surface area contributed by atoms with Gasteiger partial charge in [0.05, 0.1) is 16.8 Å². The molecule has 4 aromatic rings. The molecule has 12 heteroatoms. The smallest absolute Gasteiger partial charge is 0.416 e. The molecule has 0 radical (unpaired) electrons. The maximum absolute atomic E-state index is 13.1. The Labute approximate surface area is 217 Å². The lowest BCUT2D eigenvalue weighted by Gasteiger charge is -2.34. The van der Waals surface area contributed by atoms with E-state index < -0.39 is 23.2 Å². The number of aryl methyl sites for hydroxylation is 1. The number of benzene rings is 2. The minimum Gasteiger partial charge on any atom is -0.420 e. The lowest BCUT2D eigenvalue weighted by molar-refractivity contribution is -0.137. The lowest BCUT2D eigenvalue weighted by Crippen LogP contribution is -2.38. The van der Waals surface area contributed by atoms with Crippen molar-refractivity contribution in [2.24, 2.45) is 12.8 Å². The number of nitrogens with zero attached hydrogens (tertiary/aromatic N) is 4. The number of nitrogens with two attached hydrogens (primary N) is 1. The molecule has 0 atom stereocenters. The van der Waals surface area contributed by atoms with E-state index >= 15 is 0 Å². The summed E-state index contributed by atoms with van der Waals surface area (Å²) < 4.78 is 47.2. The van der Waals surface area contributed by atoms with Crippen LogP contribution in [-0.2, 0) is 13.2 Å². The first kappa shape index (κ1) is 25.0. The Bertz CT molecular complexity index is 1570. The number of carbonyl (C=O) groups is 1. The molecular formula is C25H21BrF3N5O3. The number of rotatable bonds is 4. The lowest BCUT2D eigenvalue weighted by atomic mass is 9.95. The van der Waals surface area contributed by atoms with Crippen molar-refractivity contribution >= 4 is 38.4 Å². The molecule has 3 heterocycles. The highest BCUT2D eigenvalue weighted by Gasteiger charge is 2.32. The van der Waals surface area contributed by atoms with Gasteiger partial charge in [-0.15, -0.1) is 10.2 Å². The standard InChI is InChI=1S/C25H21BrF3N5O3/c1-33-18-6-5-16(26)12-17(18)20(19(21(30)35)24(33)36)34-9-7-13(8-10-34)22-31-32-23(37-22)14-3-2-4-15(11-14)25(27,28)29/h2-6,11-13H,7-10H2,1H3,(H2,30,35). The Balaban J connectivity index is 1.42. The van der Waals surface area contributed by atoms with Gasteiger partial charge in [0, 0.05) is 41.5 Å². The predicted octanol–water partition coefficient (Wildman–Crippen LogP) is 4.85. The van der Waals surface area contributed by atoms with Crippen LogP contribution in [-0.4, -0.2) is 33.8 Å². The number of halogens is 4. The maximum Gasteiger partial charge on any atom is 0.416 e. The zero-order valence-corrected chi connectivity index (χ0v) is 21.1. The highest BCUT2D eigenvalue weighted by Crippen LogP contribution is 2.37. The summed E-state index contributed by atoms with van der Waals surface area (Å²) in [5.74, 6) is -0.590. The van der Waals surface area contributed by atoms with E-state index in [1.54, 1.807) is 13.1 Å². The molecule has 2 N–H and O–H groups in total. The van der Waals surface area contributed by atoms with Crippen molar-refractivity contribution < 1.29 is 22.4 Å². The van der Waals surface area contributed by atoms with Crippen molar-refractivity contribution in [1.29, 1.82) is 0 Å². The van der Waals surface area contributed by atoms with Crippen LogP contribution in [0.1, 0.15) is 40.6 Å². The number of anilines is 1. The highest BCUT2D eigenvalue weighted by atomic mass is 79.9. The van der Waals surface area contributed by atoms with Gasteiger partial charge in [-0.05, 0) is 49.2 Å². The molecule has 0 bridgehead atoms. The van der Waals surface area contributed by atoms with Crippen molar-refractivity contribution in [2.75, 3.05) is 18.0 Å². The molecule has 2 aromatic carbocycles. The summed E-state index contributed by atoms with van der Waals surface area (Å²) in [6, 6.07) is 10.2. The average molecular weight is 576 g/mol. The van der Waals surface area contributed by atoms with E-state index in [1.165, 1.54) is 16.7 Å². The third-order valence-corrected chi connectivity index (χ3v) is 7.11. The molecule has 5 rings (SSSR count). The summed E-state index contributed by atoms with van der Waals surface area (Å²) in [5.41, 5.74) is 5.64. The molecule has 1 fully saturated rings. The van der Waals surface area contributed by atoms with Crippen LogP contribution in [0.2, 0.25) is 0 Å². The van der Waals surface area contributed by atoms with E-state index in [9.17, 15) is 22.8 Å². The van der Waals surface area contributed by atoms with E-state index in [2.05, 4.69) is 26.1 Å². The van der Waals surface area contributed by atoms with Crippen LogP contribution in [0.25, 0.3) is 22.4 Å². The second-order valence-electron chi connectivity index (χ2n) is 8.90. The summed E-state index contributed by atoms with van der Waals surface area (Å²) in [7, 11) is 1.60. The molecule has 1 amide bonds. The van der Waals surface area contributed by atoms with Crippen LogP contribution < -0.4 is 16.2 Å². The van der Waals surface area contributed by atoms with Crippen molar-refractivity contribution in [3.63, 3.8) is 0 Å². The predicted molar refractivity (Wildman–Crippen MR) is 134 cm³/mol. The monoisotopic (exact) mass is 575 g/mol. The Morgan fingerprint density at radius 2 is 1.86 bits per heavy atom. The number of aromatic nitrogens is 3. The van der Waals surface area contributed by atoms with Gasteiger partial charge in [-0.3, -0.25) is 9.59 Å². The Hall–Kier alpha value is -3.67. The van der Waals surface area contributed by atoms with Gasteiger partial charge in [-0.1, -0.05) is 22.0 Å². The van der Waals surface area contributed by atoms with E-state index in [-0.39, 0.29) is 22.9 Å². The fraction of sp³-hybridized carbons (Fsp3) is 0.280. The van der Waals surface area contributed by atoms with Gasteiger partial charge in [0.1, 0.15) is 5.56 Å². The summed E-state index contributed by atoms with van der Waals surface area (Å²) in [6.45, 7) is 0.946. The summed E-state index contributed by atoms with van der Waals surface area (Å²) in [6.07, 6.45) is -3.35. The molecule has 0 spiro atoms. The fourth-order valence-electron chi connectivity index (χ4n) is 4.75. The van der Waals surface area contributed by atoms with Gasteiger partial charge >= 0.3 is 6.18 Å². The van der Waals surface area contributed by atoms with Crippen molar-refractivity contribution in [1.82, 2.24) is 14.8 Å². The molecular weight excluding hydrogens is 555 g/mol. The number of primary amides is 1. The molecule has 0 unspecified atom stereocenters.